The summed E-state index contributed by atoms with van der Waals surface area (Å²) in [5, 5.41) is 16.6. The summed E-state index contributed by atoms with van der Waals surface area (Å²) in [7, 11) is 0. The van der Waals surface area contributed by atoms with Crippen molar-refractivity contribution in [3.8, 4) is 17.3 Å². The molecule has 0 spiro atoms. The minimum Gasteiger partial charge on any atom is -0.346 e. The normalized spacial score (nSPS) is 11.9. The van der Waals surface area contributed by atoms with Crippen LogP contribution < -0.4 is 5.32 Å². The minimum absolute atomic E-state index is 0.249. The Bertz CT molecular complexity index is 1290. The third kappa shape index (κ3) is 3.75. The van der Waals surface area contributed by atoms with Crippen LogP contribution >= 0.6 is 11.6 Å². The Morgan fingerprint density at radius 2 is 2.13 bits per heavy atom. The summed E-state index contributed by atoms with van der Waals surface area (Å²) >= 11 is 6.09. The third-order valence-electron chi connectivity index (χ3n) is 4.55. The number of halogens is 2. The van der Waals surface area contributed by atoms with E-state index in [-0.39, 0.29) is 11.7 Å². The lowest BCUT2D eigenvalue weighted by atomic mass is 10.1. The molecule has 1 aromatic carbocycles. The molecule has 0 saturated heterocycles. The van der Waals surface area contributed by atoms with Crippen LogP contribution in [0.25, 0.3) is 16.9 Å². The molecule has 0 radical (unpaired) electrons. The summed E-state index contributed by atoms with van der Waals surface area (Å²) in [4.78, 5) is 16.5. The number of amides is 1. The monoisotopic (exact) mass is 422 g/mol. The van der Waals surface area contributed by atoms with E-state index in [1.165, 1.54) is 10.6 Å². The van der Waals surface area contributed by atoms with Crippen molar-refractivity contribution in [3.63, 3.8) is 0 Å². The number of nitriles is 1. The van der Waals surface area contributed by atoms with Gasteiger partial charge in [-0.1, -0.05) is 23.7 Å². The van der Waals surface area contributed by atoms with Gasteiger partial charge >= 0.3 is 0 Å². The molecule has 150 valence electrons. The number of carbonyl (C=O) groups excluding carboxylic acids is 1. The van der Waals surface area contributed by atoms with Gasteiger partial charge in [-0.05, 0) is 37.3 Å². The highest BCUT2D eigenvalue weighted by Gasteiger charge is 2.20. The topological polar surface area (TPSA) is 88.0 Å². The lowest BCUT2D eigenvalue weighted by Crippen LogP contribution is -2.36. The van der Waals surface area contributed by atoms with Crippen molar-refractivity contribution in [1.29, 1.82) is 5.26 Å². The Hall–Kier alpha value is -3.70. The number of pyridine rings is 1. The van der Waals surface area contributed by atoms with Crippen molar-refractivity contribution in [2.75, 3.05) is 0 Å². The van der Waals surface area contributed by atoms with Crippen molar-refractivity contribution in [2.45, 2.75) is 19.5 Å². The number of rotatable bonds is 5. The molecule has 4 rings (SSSR count). The predicted octanol–water partition coefficient (Wildman–Crippen LogP) is 3.68. The van der Waals surface area contributed by atoms with Gasteiger partial charge in [0.15, 0.2) is 5.69 Å². The van der Waals surface area contributed by atoms with E-state index in [2.05, 4.69) is 15.4 Å². The van der Waals surface area contributed by atoms with Crippen LogP contribution in [0.3, 0.4) is 0 Å². The highest BCUT2D eigenvalue weighted by molar-refractivity contribution is 6.32. The van der Waals surface area contributed by atoms with Gasteiger partial charge in [0.2, 0.25) is 5.95 Å². The molecule has 0 fully saturated rings. The van der Waals surface area contributed by atoms with Gasteiger partial charge in [0, 0.05) is 24.0 Å². The second-order valence-electron chi connectivity index (χ2n) is 6.78. The van der Waals surface area contributed by atoms with Crippen molar-refractivity contribution in [1.82, 2.24) is 24.5 Å². The number of hydrogen-bond donors (Lipinski definition) is 1. The highest BCUT2D eigenvalue weighted by atomic mass is 35.5. The van der Waals surface area contributed by atoms with Crippen molar-refractivity contribution >= 4 is 23.2 Å². The highest BCUT2D eigenvalue weighted by Crippen LogP contribution is 2.24. The first-order chi connectivity index (χ1) is 14.5. The molecule has 0 bridgehead atoms. The summed E-state index contributed by atoms with van der Waals surface area (Å²) in [6.45, 7) is 2.18. The van der Waals surface area contributed by atoms with Gasteiger partial charge in [-0.15, -0.1) is 0 Å². The maximum absolute atomic E-state index is 14.4. The summed E-state index contributed by atoms with van der Waals surface area (Å²) < 4.78 is 17.3. The van der Waals surface area contributed by atoms with Crippen LogP contribution in [0.5, 0.6) is 0 Å². The molecule has 0 aliphatic carbocycles. The molecular formula is C21H16ClFN6O. The van der Waals surface area contributed by atoms with Crippen LogP contribution in [0, 0.1) is 17.3 Å². The number of nitrogens with one attached hydrogen (secondary N) is 1. The van der Waals surface area contributed by atoms with Crippen LogP contribution in [0.4, 0.5) is 4.39 Å². The summed E-state index contributed by atoms with van der Waals surface area (Å²) in [6.07, 6.45) is 3.29. The Balaban J connectivity index is 1.45. The number of hydrogen-bond acceptors (Lipinski definition) is 4. The standard InChI is InChI=1S/C21H16ClFN6O/c1-13(25-21(30)19-20(23)29-8-3-2-4-18(29)26-19)12-28-9-7-17(27-28)14-5-6-15(11-24)16(22)10-14/h2-10,13H,12H2,1H3,(H,25,30). The largest absolute Gasteiger partial charge is 0.346 e. The smallest absolute Gasteiger partial charge is 0.274 e. The quantitative estimate of drug-likeness (QED) is 0.531. The van der Waals surface area contributed by atoms with Gasteiger partial charge < -0.3 is 5.32 Å². The van der Waals surface area contributed by atoms with E-state index in [4.69, 9.17) is 16.9 Å². The molecule has 7 nitrogen and oxygen atoms in total. The van der Waals surface area contributed by atoms with Crippen LogP contribution in [0.15, 0.2) is 54.9 Å². The minimum atomic E-state index is -0.700. The molecule has 30 heavy (non-hydrogen) atoms. The van der Waals surface area contributed by atoms with Gasteiger partial charge in [-0.2, -0.15) is 14.8 Å². The van der Waals surface area contributed by atoms with E-state index in [1.54, 1.807) is 54.2 Å². The Morgan fingerprint density at radius 3 is 2.87 bits per heavy atom. The van der Waals surface area contributed by atoms with E-state index in [9.17, 15) is 9.18 Å². The average molecular weight is 423 g/mol. The fourth-order valence-electron chi connectivity index (χ4n) is 3.11. The molecule has 1 atom stereocenters. The van der Waals surface area contributed by atoms with Gasteiger partial charge in [-0.25, -0.2) is 4.98 Å². The van der Waals surface area contributed by atoms with Crippen LogP contribution in [-0.4, -0.2) is 31.1 Å². The SMILES string of the molecule is CC(Cn1ccc(-c2ccc(C#N)c(Cl)c2)n1)NC(=O)c1nc2ccccn2c1F. The number of imidazole rings is 1. The predicted molar refractivity (Wildman–Crippen MR) is 109 cm³/mol. The van der Waals surface area contributed by atoms with E-state index in [0.717, 1.165) is 5.56 Å². The van der Waals surface area contributed by atoms with E-state index >= 15 is 0 Å². The molecule has 1 amide bonds. The zero-order valence-corrected chi connectivity index (χ0v) is 16.6. The molecule has 1 N–H and O–H groups in total. The van der Waals surface area contributed by atoms with E-state index < -0.39 is 11.9 Å². The van der Waals surface area contributed by atoms with Crippen LogP contribution in [-0.2, 0) is 6.54 Å². The van der Waals surface area contributed by atoms with Crippen molar-refractivity contribution < 1.29 is 9.18 Å². The molecule has 1 unspecified atom stereocenters. The molecule has 4 aromatic rings. The Labute approximate surface area is 176 Å². The lowest BCUT2D eigenvalue weighted by Gasteiger charge is -2.13. The number of benzene rings is 1. The Morgan fingerprint density at radius 1 is 1.30 bits per heavy atom. The molecule has 0 aliphatic heterocycles. The van der Waals surface area contributed by atoms with Gasteiger partial charge in [0.1, 0.15) is 11.7 Å². The number of aromatic nitrogens is 4. The first-order valence-corrected chi connectivity index (χ1v) is 9.51. The first kappa shape index (κ1) is 19.6. The average Bonchev–Trinajstić information content (AvgIpc) is 3.33. The fraction of sp³-hybridized carbons (Fsp3) is 0.143. The number of carbonyl (C=O) groups is 1. The fourth-order valence-corrected chi connectivity index (χ4v) is 3.33. The zero-order valence-electron chi connectivity index (χ0n) is 15.9. The maximum atomic E-state index is 14.4. The van der Waals surface area contributed by atoms with Crippen molar-refractivity contribution in [2.24, 2.45) is 0 Å². The Kier molecular flexibility index (Phi) is 5.21. The van der Waals surface area contributed by atoms with E-state index in [1.807, 2.05) is 12.1 Å². The molecular weight excluding hydrogens is 407 g/mol. The van der Waals surface area contributed by atoms with Gasteiger partial charge in [0.05, 0.1) is 22.8 Å². The second kappa shape index (κ2) is 7.97. The van der Waals surface area contributed by atoms with Crippen LogP contribution in [0.1, 0.15) is 23.0 Å². The zero-order chi connectivity index (χ0) is 21.3. The van der Waals surface area contributed by atoms with Crippen LogP contribution in [0.2, 0.25) is 5.02 Å². The van der Waals surface area contributed by atoms with Gasteiger partial charge in [-0.3, -0.25) is 13.9 Å². The van der Waals surface area contributed by atoms with Gasteiger partial charge in [0.25, 0.3) is 5.91 Å². The second-order valence-corrected chi connectivity index (χ2v) is 7.19. The summed E-state index contributed by atoms with van der Waals surface area (Å²) in [6, 6.07) is 13.6. The first-order valence-electron chi connectivity index (χ1n) is 9.13. The lowest BCUT2D eigenvalue weighted by molar-refractivity contribution is 0.0927. The third-order valence-corrected chi connectivity index (χ3v) is 4.86. The summed E-state index contributed by atoms with van der Waals surface area (Å²) in [5.74, 6) is -1.29. The molecule has 3 heterocycles. The summed E-state index contributed by atoms with van der Waals surface area (Å²) in [5.41, 5.74) is 1.98. The van der Waals surface area contributed by atoms with Crippen molar-refractivity contribution in [3.05, 3.63) is 77.1 Å². The molecule has 0 saturated carbocycles. The molecule has 9 heteroatoms. The number of fused-ring (bicyclic) bond motifs is 1. The van der Waals surface area contributed by atoms with E-state index in [0.29, 0.717) is 28.5 Å². The molecule has 3 aromatic heterocycles. The number of nitrogens with zero attached hydrogens (tertiary/aromatic N) is 5. The molecule has 0 aliphatic rings. The maximum Gasteiger partial charge on any atom is 0.274 e.